The summed E-state index contributed by atoms with van der Waals surface area (Å²) < 4.78 is 0. The number of hydrogen-bond acceptors (Lipinski definition) is 2. The topological polar surface area (TPSA) is 49.7 Å². The third-order valence-corrected chi connectivity index (χ3v) is 2.18. The second-order valence-electron chi connectivity index (χ2n) is 3.60. The van der Waals surface area contributed by atoms with Crippen LogP contribution in [0.1, 0.15) is 58.3 Å². The molecule has 0 radical (unpaired) electrons. The summed E-state index contributed by atoms with van der Waals surface area (Å²) in [4.78, 5) is 8.11. The maximum absolute atomic E-state index is 8.11. The summed E-state index contributed by atoms with van der Waals surface area (Å²) in [7, 11) is 0. The quantitative estimate of drug-likeness (QED) is 0.260. The van der Waals surface area contributed by atoms with Gasteiger partial charge in [0.05, 0.1) is 0 Å². The van der Waals surface area contributed by atoms with Gasteiger partial charge in [-0.3, -0.25) is 0 Å². The van der Waals surface area contributed by atoms with Crippen molar-refractivity contribution in [3.8, 4) is 0 Å². The van der Waals surface area contributed by atoms with E-state index in [1.165, 1.54) is 56.7 Å². The third kappa shape index (κ3) is 23.1. The van der Waals surface area contributed by atoms with E-state index in [0.29, 0.717) is 0 Å². The van der Waals surface area contributed by atoms with Crippen molar-refractivity contribution >= 4 is 0 Å². The molecule has 0 spiro atoms. The molecule has 0 aromatic carbocycles. The maximum atomic E-state index is 8.11. The molecular formula is C13H25NO2. The standard InChI is InChI=1S/C13H24.HNO2/c1-3-5-7-9-11-13-12-10-8-6-4-2;2-1-3/h3,6,8H,1,4-5,7,9-13H2,2H3;(H,2,3). The van der Waals surface area contributed by atoms with E-state index in [-0.39, 0.29) is 0 Å². The van der Waals surface area contributed by atoms with Crippen LogP contribution in [0, 0.1) is 4.91 Å². The molecule has 0 aliphatic rings. The molecule has 0 atom stereocenters. The van der Waals surface area contributed by atoms with Crippen molar-refractivity contribution in [3.63, 3.8) is 0 Å². The van der Waals surface area contributed by atoms with E-state index in [4.69, 9.17) is 10.1 Å². The lowest BCUT2D eigenvalue weighted by Gasteiger charge is -1.97. The maximum Gasteiger partial charge on any atom is 0.152 e. The fraction of sp³-hybridized carbons (Fsp3) is 0.692. The molecule has 0 saturated heterocycles. The lowest BCUT2D eigenvalue weighted by molar-refractivity contribution is 0.312. The zero-order valence-electron chi connectivity index (χ0n) is 10.4. The molecule has 0 fully saturated rings. The minimum Gasteiger partial charge on any atom is -0.379 e. The molecule has 16 heavy (non-hydrogen) atoms. The third-order valence-electron chi connectivity index (χ3n) is 2.18. The minimum absolute atomic E-state index is 1.18. The Kier molecular flexibility index (Phi) is 21.0. The molecule has 0 aromatic heterocycles. The van der Waals surface area contributed by atoms with Crippen molar-refractivity contribution in [2.45, 2.75) is 58.3 Å². The first kappa shape index (κ1) is 17.3. The van der Waals surface area contributed by atoms with Crippen LogP contribution in [0.2, 0.25) is 0 Å². The molecule has 0 heterocycles. The van der Waals surface area contributed by atoms with Gasteiger partial charge in [-0.2, -0.15) is 0 Å². The van der Waals surface area contributed by atoms with E-state index in [1.54, 1.807) is 0 Å². The van der Waals surface area contributed by atoms with Crippen LogP contribution in [0.5, 0.6) is 0 Å². The Hall–Kier alpha value is -1.12. The Morgan fingerprint density at radius 2 is 1.56 bits per heavy atom. The molecule has 0 aliphatic carbocycles. The minimum atomic E-state index is 1.18. The highest BCUT2D eigenvalue weighted by atomic mass is 16.6. The molecular weight excluding hydrogens is 202 g/mol. The monoisotopic (exact) mass is 227 g/mol. The first-order chi connectivity index (χ1) is 7.83. The van der Waals surface area contributed by atoms with Crippen molar-refractivity contribution in [1.82, 2.24) is 0 Å². The van der Waals surface area contributed by atoms with Gasteiger partial charge in [-0.1, -0.05) is 44.4 Å². The van der Waals surface area contributed by atoms with Gasteiger partial charge in [0.25, 0.3) is 0 Å². The summed E-state index contributed by atoms with van der Waals surface area (Å²) in [6.45, 7) is 5.91. The van der Waals surface area contributed by atoms with Gasteiger partial charge in [0.2, 0.25) is 0 Å². The fourth-order valence-corrected chi connectivity index (χ4v) is 1.37. The van der Waals surface area contributed by atoms with E-state index in [9.17, 15) is 0 Å². The highest BCUT2D eigenvalue weighted by molar-refractivity contribution is 4.79. The van der Waals surface area contributed by atoms with E-state index in [2.05, 4.69) is 25.7 Å². The van der Waals surface area contributed by atoms with Crippen LogP contribution in [0.3, 0.4) is 0 Å². The van der Waals surface area contributed by atoms with E-state index in [0.717, 1.165) is 0 Å². The summed E-state index contributed by atoms with van der Waals surface area (Å²) in [5.74, 6) is 0. The van der Waals surface area contributed by atoms with Gasteiger partial charge in [-0.15, -0.1) is 11.5 Å². The van der Waals surface area contributed by atoms with E-state index >= 15 is 0 Å². The van der Waals surface area contributed by atoms with Gasteiger partial charge in [-0.05, 0) is 32.1 Å². The van der Waals surface area contributed by atoms with Gasteiger partial charge < -0.3 is 5.21 Å². The molecule has 0 aliphatic heterocycles. The molecule has 0 aromatic rings. The molecule has 0 bridgehead atoms. The first-order valence-electron chi connectivity index (χ1n) is 6.06. The number of hydrogen-bond donors (Lipinski definition) is 1. The summed E-state index contributed by atoms with van der Waals surface area (Å²) in [6.07, 6.45) is 17.1. The van der Waals surface area contributed by atoms with Crippen LogP contribution in [0.15, 0.2) is 30.1 Å². The Bertz CT molecular complexity index is 167. The predicted molar refractivity (Wildman–Crippen MR) is 69.5 cm³/mol. The van der Waals surface area contributed by atoms with Crippen LogP contribution in [0.25, 0.3) is 0 Å². The molecule has 0 saturated carbocycles. The first-order valence-corrected chi connectivity index (χ1v) is 6.06. The van der Waals surface area contributed by atoms with Gasteiger partial charge in [0, 0.05) is 0 Å². The Balaban J connectivity index is 0. The average molecular weight is 227 g/mol. The number of unbranched alkanes of at least 4 members (excludes halogenated alkanes) is 6. The fourth-order valence-electron chi connectivity index (χ4n) is 1.37. The van der Waals surface area contributed by atoms with E-state index < -0.39 is 0 Å². The number of rotatable bonds is 9. The smallest absolute Gasteiger partial charge is 0.152 e. The molecule has 0 amide bonds. The zero-order valence-corrected chi connectivity index (χ0v) is 10.4. The van der Waals surface area contributed by atoms with Crippen molar-refractivity contribution in [2.75, 3.05) is 0 Å². The summed E-state index contributed by atoms with van der Waals surface area (Å²) >= 11 is 0. The van der Waals surface area contributed by atoms with Gasteiger partial charge in [-0.25, -0.2) is 0 Å². The van der Waals surface area contributed by atoms with Crippen LogP contribution in [0.4, 0.5) is 0 Å². The van der Waals surface area contributed by atoms with Crippen LogP contribution in [-0.4, -0.2) is 5.21 Å². The Morgan fingerprint density at radius 1 is 1.06 bits per heavy atom. The number of allylic oxidation sites excluding steroid dienone is 3. The van der Waals surface area contributed by atoms with Gasteiger partial charge >= 0.3 is 0 Å². The SMILES string of the molecule is C=CCCCCCCCC=CCC.O=NO. The molecule has 1 N–H and O–H groups in total. The van der Waals surface area contributed by atoms with Gasteiger partial charge in [0.15, 0.2) is 5.34 Å². The lowest BCUT2D eigenvalue weighted by atomic mass is 10.1. The summed E-state index contributed by atoms with van der Waals surface area (Å²) in [5, 5.41) is 7.89. The largest absolute Gasteiger partial charge is 0.379 e. The van der Waals surface area contributed by atoms with Crippen molar-refractivity contribution in [1.29, 1.82) is 0 Å². The van der Waals surface area contributed by atoms with E-state index in [1.807, 2.05) is 6.08 Å². The molecule has 94 valence electrons. The van der Waals surface area contributed by atoms with Crippen molar-refractivity contribution < 1.29 is 5.21 Å². The Labute approximate surface area is 99.2 Å². The normalized spacial score (nSPS) is 9.56. The average Bonchev–Trinajstić information content (AvgIpc) is 2.28. The van der Waals surface area contributed by atoms with Crippen LogP contribution >= 0.6 is 0 Å². The van der Waals surface area contributed by atoms with Crippen LogP contribution < -0.4 is 0 Å². The summed E-state index contributed by atoms with van der Waals surface area (Å²) in [6, 6.07) is 0. The number of nitrogens with zero attached hydrogens (tertiary/aromatic N) is 1. The second-order valence-corrected chi connectivity index (χ2v) is 3.60. The highest BCUT2D eigenvalue weighted by Crippen LogP contribution is 2.07. The van der Waals surface area contributed by atoms with Crippen LogP contribution in [-0.2, 0) is 0 Å². The van der Waals surface area contributed by atoms with Crippen molar-refractivity contribution in [2.24, 2.45) is 5.34 Å². The second kappa shape index (κ2) is 19.5. The summed E-state index contributed by atoms with van der Waals surface area (Å²) in [5.41, 5.74) is 0. The van der Waals surface area contributed by atoms with Gasteiger partial charge in [0.1, 0.15) is 0 Å². The Morgan fingerprint density at radius 3 is 2.06 bits per heavy atom. The molecule has 3 nitrogen and oxygen atoms in total. The highest BCUT2D eigenvalue weighted by Gasteiger charge is 1.87. The molecule has 0 unspecified atom stereocenters. The zero-order chi connectivity index (χ0) is 12.5. The lowest BCUT2D eigenvalue weighted by Crippen LogP contribution is -1.77. The molecule has 3 heteroatoms. The predicted octanol–water partition coefficient (Wildman–Crippen LogP) is 5.01. The van der Waals surface area contributed by atoms with Crippen molar-refractivity contribution in [3.05, 3.63) is 29.7 Å². The molecule has 0 rings (SSSR count).